The van der Waals surface area contributed by atoms with E-state index in [4.69, 9.17) is 9.72 Å². The number of aryl methyl sites for hydroxylation is 1. The second-order valence-corrected chi connectivity index (χ2v) is 9.43. The second kappa shape index (κ2) is 10.5. The lowest BCUT2D eigenvalue weighted by Crippen LogP contribution is -2.37. The summed E-state index contributed by atoms with van der Waals surface area (Å²) in [7, 11) is 1.99. The SMILES string of the molecule is Cc1ccc2nc(N(C)Cc3ccn[nH]3)c(CN(CC3CCCO3)C(=O)c3ccc(F)cc3)cc2c1. The molecule has 0 spiro atoms. The number of benzene rings is 2. The molecule has 3 heterocycles. The van der Waals surface area contributed by atoms with Crippen molar-refractivity contribution in [2.45, 2.75) is 39.0 Å². The summed E-state index contributed by atoms with van der Waals surface area (Å²) in [6.45, 7) is 4.17. The van der Waals surface area contributed by atoms with E-state index in [1.54, 1.807) is 11.1 Å². The molecular formula is C28H30FN5O2. The fourth-order valence-electron chi connectivity index (χ4n) is 4.71. The van der Waals surface area contributed by atoms with Crippen molar-refractivity contribution >= 4 is 22.6 Å². The average molecular weight is 488 g/mol. The Bertz CT molecular complexity index is 1330. The first-order chi connectivity index (χ1) is 17.5. The summed E-state index contributed by atoms with van der Waals surface area (Å²) < 4.78 is 19.4. The number of nitrogens with zero attached hydrogens (tertiary/aromatic N) is 4. The van der Waals surface area contributed by atoms with E-state index >= 15 is 0 Å². The molecule has 5 rings (SSSR count). The van der Waals surface area contributed by atoms with Crippen LogP contribution < -0.4 is 4.90 Å². The Morgan fingerprint density at radius 2 is 1.97 bits per heavy atom. The number of aromatic nitrogens is 3. The highest BCUT2D eigenvalue weighted by atomic mass is 19.1. The maximum Gasteiger partial charge on any atom is 0.254 e. The number of hydrogen-bond donors (Lipinski definition) is 1. The molecule has 2 aromatic carbocycles. The Morgan fingerprint density at radius 1 is 1.14 bits per heavy atom. The summed E-state index contributed by atoms with van der Waals surface area (Å²) in [5.41, 5.74) is 4.39. The quantitative estimate of drug-likeness (QED) is 0.384. The molecule has 4 aromatic rings. The van der Waals surface area contributed by atoms with Crippen molar-refractivity contribution in [3.63, 3.8) is 0 Å². The lowest BCUT2D eigenvalue weighted by Gasteiger charge is -2.28. The van der Waals surface area contributed by atoms with Crippen LogP contribution in [0.2, 0.25) is 0 Å². The zero-order valence-electron chi connectivity index (χ0n) is 20.6. The second-order valence-electron chi connectivity index (χ2n) is 9.43. The number of anilines is 1. The molecular weight excluding hydrogens is 457 g/mol. The van der Waals surface area contributed by atoms with Crippen molar-refractivity contribution in [1.82, 2.24) is 20.1 Å². The van der Waals surface area contributed by atoms with E-state index in [9.17, 15) is 9.18 Å². The Morgan fingerprint density at radius 3 is 2.69 bits per heavy atom. The van der Waals surface area contributed by atoms with Crippen molar-refractivity contribution in [2.75, 3.05) is 25.1 Å². The first-order valence-electron chi connectivity index (χ1n) is 12.2. The minimum absolute atomic E-state index is 0.0174. The predicted molar refractivity (Wildman–Crippen MR) is 137 cm³/mol. The van der Waals surface area contributed by atoms with Crippen LogP contribution in [0.15, 0.2) is 60.8 Å². The van der Waals surface area contributed by atoms with Crippen molar-refractivity contribution in [3.8, 4) is 0 Å². The molecule has 1 saturated heterocycles. The monoisotopic (exact) mass is 487 g/mol. The number of ether oxygens (including phenoxy) is 1. The van der Waals surface area contributed by atoms with Gasteiger partial charge in [-0.1, -0.05) is 11.6 Å². The van der Waals surface area contributed by atoms with Gasteiger partial charge in [-0.3, -0.25) is 9.89 Å². The molecule has 8 heteroatoms. The fraction of sp³-hybridized carbons (Fsp3) is 0.321. The van der Waals surface area contributed by atoms with E-state index in [2.05, 4.69) is 40.2 Å². The maximum absolute atomic E-state index is 13.6. The van der Waals surface area contributed by atoms with Gasteiger partial charge < -0.3 is 14.5 Å². The molecule has 1 aliphatic heterocycles. The van der Waals surface area contributed by atoms with Crippen LogP contribution in [0, 0.1) is 12.7 Å². The Kier molecular flexibility index (Phi) is 6.95. The number of amides is 1. The largest absolute Gasteiger partial charge is 0.376 e. The van der Waals surface area contributed by atoms with E-state index in [0.29, 0.717) is 31.8 Å². The summed E-state index contributed by atoms with van der Waals surface area (Å²) in [5.74, 6) is 0.274. The van der Waals surface area contributed by atoms with Crippen LogP contribution in [0.5, 0.6) is 0 Å². The first-order valence-corrected chi connectivity index (χ1v) is 12.2. The Hall–Kier alpha value is -3.78. The van der Waals surface area contributed by atoms with Gasteiger partial charge in [0.1, 0.15) is 11.6 Å². The van der Waals surface area contributed by atoms with E-state index in [1.807, 2.05) is 19.2 Å². The van der Waals surface area contributed by atoms with Crippen LogP contribution in [-0.4, -0.2) is 52.3 Å². The molecule has 7 nitrogen and oxygen atoms in total. The van der Waals surface area contributed by atoms with Crippen molar-refractivity contribution in [1.29, 1.82) is 0 Å². The highest BCUT2D eigenvalue weighted by Crippen LogP contribution is 2.27. The molecule has 1 amide bonds. The maximum atomic E-state index is 13.6. The third kappa shape index (κ3) is 5.39. The first kappa shape index (κ1) is 23.9. The van der Waals surface area contributed by atoms with Crippen molar-refractivity contribution < 1.29 is 13.9 Å². The molecule has 1 aliphatic rings. The fourth-order valence-corrected chi connectivity index (χ4v) is 4.71. The average Bonchev–Trinajstić information content (AvgIpc) is 3.58. The molecule has 0 aliphatic carbocycles. The lowest BCUT2D eigenvalue weighted by atomic mass is 10.1. The number of fused-ring (bicyclic) bond motifs is 1. The normalized spacial score (nSPS) is 15.4. The molecule has 36 heavy (non-hydrogen) atoms. The number of rotatable bonds is 8. The standard InChI is InChI=1S/C28H30FN5O2/c1-19-5-10-26-21(14-19)15-22(27(31-26)33(2)17-24-11-12-30-32-24)16-34(18-25-4-3-13-36-25)28(35)20-6-8-23(29)9-7-20/h5-12,14-15,25H,3-4,13,16-18H2,1-2H3,(H,30,32). The highest BCUT2D eigenvalue weighted by molar-refractivity contribution is 5.94. The summed E-state index contributed by atoms with van der Waals surface area (Å²) in [6, 6.07) is 15.9. The molecule has 0 bridgehead atoms. The summed E-state index contributed by atoms with van der Waals surface area (Å²) >= 11 is 0. The van der Waals surface area contributed by atoms with Crippen LogP contribution >= 0.6 is 0 Å². The summed E-state index contributed by atoms with van der Waals surface area (Å²) in [6.07, 6.45) is 3.61. The molecule has 1 fully saturated rings. The van der Waals surface area contributed by atoms with Crippen LogP contribution in [0.4, 0.5) is 10.2 Å². The minimum atomic E-state index is -0.367. The molecule has 1 unspecified atom stereocenters. The van der Waals surface area contributed by atoms with Gasteiger partial charge in [-0.05, 0) is 68.3 Å². The third-order valence-electron chi connectivity index (χ3n) is 6.54. The van der Waals surface area contributed by atoms with Gasteiger partial charge in [0.05, 0.1) is 23.9 Å². The van der Waals surface area contributed by atoms with Crippen LogP contribution in [0.1, 0.15) is 40.0 Å². The van der Waals surface area contributed by atoms with Gasteiger partial charge in [0.25, 0.3) is 5.91 Å². The zero-order chi connectivity index (χ0) is 25.1. The van der Waals surface area contributed by atoms with Gasteiger partial charge in [-0.2, -0.15) is 5.10 Å². The van der Waals surface area contributed by atoms with Crippen LogP contribution in [0.3, 0.4) is 0 Å². The smallest absolute Gasteiger partial charge is 0.254 e. The molecule has 2 aromatic heterocycles. The van der Waals surface area contributed by atoms with E-state index in [-0.39, 0.29) is 17.8 Å². The number of pyridine rings is 1. The van der Waals surface area contributed by atoms with Crippen molar-refractivity contribution in [3.05, 3.63) is 89.0 Å². The van der Waals surface area contributed by atoms with E-state index < -0.39 is 0 Å². The van der Waals surface area contributed by atoms with Gasteiger partial charge in [0, 0.05) is 49.5 Å². The van der Waals surface area contributed by atoms with Crippen molar-refractivity contribution in [2.24, 2.45) is 0 Å². The number of carbonyl (C=O) groups excluding carboxylic acids is 1. The Balaban J connectivity index is 1.52. The van der Waals surface area contributed by atoms with Gasteiger partial charge in [-0.15, -0.1) is 0 Å². The zero-order valence-corrected chi connectivity index (χ0v) is 20.6. The summed E-state index contributed by atoms with van der Waals surface area (Å²) in [4.78, 5) is 22.5. The van der Waals surface area contributed by atoms with E-state index in [1.165, 1.54) is 24.3 Å². The number of hydrogen-bond acceptors (Lipinski definition) is 5. The summed E-state index contributed by atoms with van der Waals surface area (Å²) in [5, 5.41) is 8.08. The number of nitrogens with one attached hydrogen (secondary N) is 1. The lowest BCUT2D eigenvalue weighted by molar-refractivity contribution is 0.0507. The van der Waals surface area contributed by atoms with Gasteiger partial charge in [0.15, 0.2) is 0 Å². The highest BCUT2D eigenvalue weighted by Gasteiger charge is 2.25. The molecule has 0 radical (unpaired) electrons. The molecule has 0 saturated carbocycles. The van der Waals surface area contributed by atoms with Gasteiger partial charge in [-0.25, -0.2) is 9.37 Å². The van der Waals surface area contributed by atoms with Gasteiger partial charge in [0.2, 0.25) is 0 Å². The van der Waals surface area contributed by atoms with Crippen LogP contribution in [0.25, 0.3) is 10.9 Å². The predicted octanol–water partition coefficient (Wildman–Crippen LogP) is 4.86. The van der Waals surface area contributed by atoms with Gasteiger partial charge >= 0.3 is 0 Å². The molecule has 1 atom stereocenters. The third-order valence-corrected chi connectivity index (χ3v) is 6.54. The molecule has 1 N–H and O–H groups in total. The number of aromatic amines is 1. The number of H-pyrrole nitrogens is 1. The topological polar surface area (TPSA) is 74.3 Å². The Labute approximate surface area is 209 Å². The number of carbonyl (C=O) groups is 1. The van der Waals surface area contributed by atoms with Crippen LogP contribution in [-0.2, 0) is 17.8 Å². The molecule has 186 valence electrons. The minimum Gasteiger partial charge on any atom is -0.376 e. The number of halogens is 1. The van der Waals surface area contributed by atoms with E-state index in [0.717, 1.165) is 46.4 Å².